The first-order valence-electron chi connectivity index (χ1n) is 7.68. The minimum Gasteiger partial charge on any atom is -0.376 e. The van der Waals surface area contributed by atoms with E-state index in [1.54, 1.807) is 0 Å². The zero-order valence-electron chi connectivity index (χ0n) is 13.8. The molecule has 0 aliphatic carbocycles. The lowest BCUT2D eigenvalue weighted by Gasteiger charge is -2.27. The molecule has 0 aliphatic rings. The standard InChI is InChI=1S/C19H24N2O/c1-14(2)21(17-10-6-5-7-11-17)19(22)13-20-18-12-8-9-15(3)16(18)4/h5-12,14,20H,13H2,1-4H3. The van der Waals surface area contributed by atoms with Crippen LogP contribution in [0.2, 0.25) is 0 Å². The van der Waals surface area contributed by atoms with E-state index in [1.807, 2.05) is 61.2 Å². The lowest BCUT2D eigenvalue weighted by atomic mass is 10.1. The quantitative estimate of drug-likeness (QED) is 0.898. The van der Waals surface area contributed by atoms with Crippen LogP contribution in [0.4, 0.5) is 11.4 Å². The van der Waals surface area contributed by atoms with E-state index in [0.29, 0.717) is 0 Å². The van der Waals surface area contributed by atoms with Crippen molar-refractivity contribution in [3.05, 3.63) is 59.7 Å². The number of aryl methyl sites for hydroxylation is 1. The third-order valence-corrected chi connectivity index (χ3v) is 3.85. The molecule has 0 aromatic heterocycles. The third-order valence-electron chi connectivity index (χ3n) is 3.85. The molecule has 2 aromatic carbocycles. The monoisotopic (exact) mass is 296 g/mol. The minimum atomic E-state index is 0.0714. The summed E-state index contributed by atoms with van der Waals surface area (Å²) in [5, 5.41) is 3.27. The molecule has 0 saturated heterocycles. The van der Waals surface area contributed by atoms with Gasteiger partial charge >= 0.3 is 0 Å². The largest absolute Gasteiger partial charge is 0.376 e. The molecule has 0 heterocycles. The van der Waals surface area contributed by atoms with Gasteiger partial charge < -0.3 is 10.2 Å². The van der Waals surface area contributed by atoms with E-state index < -0.39 is 0 Å². The number of hydrogen-bond acceptors (Lipinski definition) is 2. The van der Waals surface area contributed by atoms with Gasteiger partial charge in [0.15, 0.2) is 0 Å². The van der Waals surface area contributed by atoms with E-state index in [1.165, 1.54) is 11.1 Å². The molecule has 0 aliphatic heterocycles. The van der Waals surface area contributed by atoms with E-state index in [0.717, 1.165) is 11.4 Å². The number of anilines is 2. The van der Waals surface area contributed by atoms with Gasteiger partial charge in [-0.3, -0.25) is 4.79 Å². The van der Waals surface area contributed by atoms with Gasteiger partial charge in [-0.2, -0.15) is 0 Å². The van der Waals surface area contributed by atoms with Gasteiger partial charge in [-0.1, -0.05) is 30.3 Å². The highest BCUT2D eigenvalue weighted by molar-refractivity contribution is 5.96. The Morgan fingerprint density at radius 1 is 1.05 bits per heavy atom. The molecule has 0 bridgehead atoms. The van der Waals surface area contributed by atoms with Crippen LogP contribution in [0.3, 0.4) is 0 Å². The summed E-state index contributed by atoms with van der Waals surface area (Å²) in [5.74, 6) is 0.0714. The van der Waals surface area contributed by atoms with Gasteiger partial charge in [0.1, 0.15) is 0 Å². The molecular weight excluding hydrogens is 272 g/mol. The highest BCUT2D eigenvalue weighted by atomic mass is 16.2. The fourth-order valence-electron chi connectivity index (χ4n) is 2.52. The number of nitrogens with zero attached hydrogens (tertiary/aromatic N) is 1. The maximum absolute atomic E-state index is 12.6. The average Bonchev–Trinajstić information content (AvgIpc) is 2.49. The van der Waals surface area contributed by atoms with Crippen LogP contribution in [0.15, 0.2) is 48.5 Å². The van der Waals surface area contributed by atoms with Crippen molar-refractivity contribution in [1.29, 1.82) is 0 Å². The molecule has 3 heteroatoms. The van der Waals surface area contributed by atoms with E-state index in [2.05, 4.69) is 25.2 Å². The average molecular weight is 296 g/mol. The van der Waals surface area contributed by atoms with Crippen molar-refractivity contribution in [2.24, 2.45) is 0 Å². The Labute approximate surface area is 133 Å². The van der Waals surface area contributed by atoms with Gasteiger partial charge in [-0.15, -0.1) is 0 Å². The zero-order valence-corrected chi connectivity index (χ0v) is 13.8. The molecule has 1 amide bonds. The molecular formula is C19H24N2O. The number of carbonyl (C=O) groups is 1. The van der Waals surface area contributed by atoms with Gasteiger partial charge in [0.05, 0.1) is 6.54 Å². The van der Waals surface area contributed by atoms with E-state index in [4.69, 9.17) is 0 Å². The topological polar surface area (TPSA) is 32.3 Å². The summed E-state index contributed by atoms with van der Waals surface area (Å²) in [6, 6.07) is 16.0. The van der Waals surface area contributed by atoms with Crippen LogP contribution in [-0.2, 0) is 4.79 Å². The zero-order chi connectivity index (χ0) is 16.1. The van der Waals surface area contributed by atoms with Crippen molar-refractivity contribution in [2.45, 2.75) is 33.7 Å². The van der Waals surface area contributed by atoms with Crippen LogP contribution in [-0.4, -0.2) is 18.5 Å². The summed E-state index contributed by atoms with van der Waals surface area (Å²) in [7, 11) is 0. The second-order valence-electron chi connectivity index (χ2n) is 5.79. The summed E-state index contributed by atoms with van der Waals surface area (Å²) >= 11 is 0. The molecule has 0 unspecified atom stereocenters. The number of para-hydroxylation sites is 1. The van der Waals surface area contributed by atoms with E-state index in [9.17, 15) is 4.79 Å². The lowest BCUT2D eigenvalue weighted by Crippen LogP contribution is -2.40. The fourth-order valence-corrected chi connectivity index (χ4v) is 2.52. The highest BCUT2D eigenvalue weighted by Crippen LogP contribution is 2.19. The molecule has 2 aromatic rings. The van der Waals surface area contributed by atoms with Crippen LogP contribution in [0, 0.1) is 13.8 Å². The highest BCUT2D eigenvalue weighted by Gasteiger charge is 2.18. The summed E-state index contributed by atoms with van der Waals surface area (Å²) in [4.78, 5) is 14.4. The number of hydrogen-bond donors (Lipinski definition) is 1. The number of benzene rings is 2. The Hall–Kier alpha value is -2.29. The Morgan fingerprint density at radius 3 is 2.36 bits per heavy atom. The Balaban J connectivity index is 2.11. The molecule has 0 saturated carbocycles. The summed E-state index contributed by atoms with van der Waals surface area (Å²) in [6.07, 6.45) is 0. The van der Waals surface area contributed by atoms with Gasteiger partial charge in [0.2, 0.25) is 5.91 Å². The molecule has 116 valence electrons. The Kier molecular flexibility index (Phi) is 5.21. The first-order chi connectivity index (χ1) is 10.5. The van der Waals surface area contributed by atoms with Gasteiger partial charge in [0.25, 0.3) is 0 Å². The maximum atomic E-state index is 12.6. The number of nitrogens with one attached hydrogen (secondary N) is 1. The van der Waals surface area contributed by atoms with Gasteiger partial charge in [-0.25, -0.2) is 0 Å². The molecule has 0 radical (unpaired) electrons. The minimum absolute atomic E-state index is 0.0714. The molecule has 0 spiro atoms. The second kappa shape index (κ2) is 7.12. The summed E-state index contributed by atoms with van der Waals surface area (Å²) in [5.41, 5.74) is 4.36. The summed E-state index contributed by atoms with van der Waals surface area (Å²) in [6.45, 7) is 8.50. The first kappa shape index (κ1) is 16.1. The third kappa shape index (κ3) is 3.67. The molecule has 0 fully saturated rings. The predicted molar refractivity (Wildman–Crippen MR) is 93.5 cm³/mol. The lowest BCUT2D eigenvalue weighted by molar-refractivity contribution is -0.117. The molecule has 2 rings (SSSR count). The van der Waals surface area contributed by atoms with Crippen LogP contribution < -0.4 is 10.2 Å². The number of amides is 1. The smallest absolute Gasteiger partial charge is 0.246 e. The molecule has 0 atom stereocenters. The Bertz CT molecular complexity index is 635. The van der Waals surface area contributed by atoms with Gasteiger partial charge in [0, 0.05) is 17.4 Å². The maximum Gasteiger partial charge on any atom is 0.246 e. The molecule has 22 heavy (non-hydrogen) atoms. The van der Waals surface area contributed by atoms with Crippen LogP contribution >= 0.6 is 0 Å². The van der Waals surface area contributed by atoms with Crippen molar-refractivity contribution >= 4 is 17.3 Å². The van der Waals surface area contributed by atoms with Crippen molar-refractivity contribution in [3.8, 4) is 0 Å². The van der Waals surface area contributed by atoms with Crippen LogP contribution in [0.5, 0.6) is 0 Å². The molecule has 1 N–H and O–H groups in total. The summed E-state index contributed by atoms with van der Waals surface area (Å²) < 4.78 is 0. The van der Waals surface area contributed by atoms with Crippen molar-refractivity contribution in [3.63, 3.8) is 0 Å². The normalized spacial score (nSPS) is 10.6. The first-order valence-corrected chi connectivity index (χ1v) is 7.68. The fraction of sp³-hybridized carbons (Fsp3) is 0.316. The number of carbonyl (C=O) groups excluding carboxylic acids is 1. The van der Waals surface area contributed by atoms with E-state index >= 15 is 0 Å². The Morgan fingerprint density at radius 2 is 1.73 bits per heavy atom. The second-order valence-corrected chi connectivity index (χ2v) is 5.79. The SMILES string of the molecule is Cc1cccc(NCC(=O)N(c2ccccc2)C(C)C)c1C. The number of rotatable bonds is 5. The van der Waals surface area contributed by atoms with E-state index in [-0.39, 0.29) is 18.5 Å². The molecule has 3 nitrogen and oxygen atoms in total. The van der Waals surface area contributed by atoms with Crippen molar-refractivity contribution < 1.29 is 4.79 Å². The van der Waals surface area contributed by atoms with Crippen molar-refractivity contribution in [2.75, 3.05) is 16.8 Å². The van der Waals surface area contributed by atoms with Crippen LogP contribution in [0.25, 0.3) is 0 Å². The van der Waals surface area contributed by atoms with Crippen LogP contribution in [0.1, 0.15) is 25.0 Å². The van der Waals surface area contributed by atoms with Crippen molar-refractivity contribution in [1.82, 2.24) is 0 Å². The van der Waals surface area contributed by atoms with Gasteiger partial charge in [-0.05, 0) is 57.0 Å². The predicted octanol–water partition coefficient (Wildman–Crippen LogP) is 4.16.